The maximum atomic E-state index is 11.9. The Bertz CT molecular complexity index is 309. The largest absolute Gasteiger partial charge is 0.444 e. The van der Waals surface area contributed by atoms with Crippen molar-refractivity contribution < 1.29 is 14.3 Å². The molecule has 0 spiro atoms. The molecule has 0 aromatic rings. The molecule has 110 valence electrons. The first-order valence-corrected chi connectivity index (χ1v) is 7.32. The van der Waals surface area contributed by atoms with Crippen LogP contribution in [0.5, 0.6) is 0 Å². The summed E-state index contributed by atoms with van der Waals surface area (Å²) in [4.78, 5) is 23.0. The van der Waals surface area contributed by atoms with Crippen LogP contribution >= 0.6 is 0 Å². The minimum absolute atomic E-state index is 0.0419. The number of alkyl carbamates (subject to hydrolysis) is 1. The molecular formula is C15H27NO3. The fraction of sp³-hybridized carbons (Fsp3) is 0.867. The van der Waals surface area contributed by atoms with E-state index >= 15 is 0 Å². The van der Waals surface area contributed by atoms with Crippen molar-refractivity contribution in [2.45, 2.75) is 71.4 Å². The first-order chi connectivity index (χ1) is 8.87. The second kappa shape index (κ2) is 6.92. The van der Waals surface area contributed by atoms with Crippen LogP contribution in [-0.2, 0) is 9.53 Å². The van der Waals surface area contributed by atoms with E-state index in [9.17, 15) is 9.59 Å². The lowest BCUT2D eigenvalue weighted by atomic mass is 9.76. The van der Waals surface area contributed by atoms with Gasteiger partial charge < -0.3 is 14.8 Å². The van der Waals surface area contributed by atoms with Gasteiger partial charge in [0.1, 0.15) is 11.9 Å². The molecule has 3 atom stereocenters. The average molecular weight is 269 g/mol. The second-order valence-electron chi connectivity index (χ2n) is 6.41. The Balaban J connectivity index is 2.62. The van der Waals surface area contributed by atoms with Crippen molar-refractivity contribution in [3.8, 4) is 0 Å². The summed E-state index contributed by atoms with van der Waals surface area (Å²) in [5, 5.41) is 2.95. The molecule has 0 bridgehead atoms. The van der Waals surface area contributed by atoms with Crippen molar-refractivity contribution in [2.24, 2.45) is 11.8 Å². The van der Waals surface area contributed by atoms with Gasteiger partial charge in [0.05, 0.1) is 0 Å². The molecule has 0 aromatic carbocycles. The van der Waals surface area contributed by atoms with Crippen LogP contribution in [0.15, 0.2) is 0 Å². The van der Waals surface area contributed by atoms with Gasteiger partial charge >= 0.3 is 6.09 Å². The van der Waals surface area contributed by atoms with E-state index in [0.29, 0.717) is 0 Å². The van der Waals surface area contributed by atoms with E-state index < -0.39 is 5.60 Å². The first-order valence-electron chi connectivity index (χ1n) is 7.32. The van der Waals surface area contributed by atoms with E-state index in [1.54, 1.807) is 0 Å². The van der Waals surface area contributed by atoms with Crippen LogP contribution in [-0.4, -0.2) is 24.0 Å². The molecule has 1 rings (SSSR count). The first kappa shape index (κ1) is 16.0. The van der Waals surface area contributed by atoms with Crippen LogP contribution in [0.3, 0.4) is 0 Å². The van der Waals surface area contributed by atoms with Crippen molar-refractivity contribution in [1.82, 2.24) is 5.32 Å². The number of amides is 1. The number of carbonyl (C=O) groups is 2. The maximum absolute atomic E-state index is 11.9. The third-order valence-electron chi connectivity index (χ3n) is 3.72. The van der Waals surface area contributed by atoms with Crippen LogP contribution in [0, 0.1) is 11.8 Å². The molecule has 4 heteroatoms. The minimum atomic E-state index is -0.483. The number of rotatable bonds is 4. The lowest BCUT2D eigenvalue weighted by molar-refractivity contribution is -0.113. The number of carbonyl (C=O) groups excluding carboxylic acids is 2. The molecule has 4 nitrogen and oxygen atoms in total. The molecule has 1 N–H and O–H groups in total. The normalized spacial score (nSPS) is 25.5. The van der Waals surface area contributed by atoms with Crippen LogP contribution < -0.4 is 5.32 Å². The second-order valence-corrected chi connectivity index (χ2v) is 6.41. The van der Waals surface area contributed by atoms with Gasteiger partial charge in [-0.1, -0.05) is 19.8 Å². The predicted molar refractivity (Wildman–Crippen MR) is 75.0 cm³/mol. The third-order valence-corrected chi connectivity index (χ3v) is 3.72. The smallest absolute Gasteiger partial charge is 0.407 e. The highest BCUT2D eigenvalue weighted by molar-refractivity contribution is 5.68. The van der Waals surface area contributed by atoms with Crippen LogP contribution in [0.1, 0.15) is 59.8 Å². The van der Waals surface area contributed by atoms with Gasteiger partial charge in [0.2, 0.25) is 0 Å². The Morgan fingerprint density at radius 2 is 2.00 bits per heavy atom. The van der Waals surface area contributed by atoms with Gasteiger partial charge in [0.25, 0.3) is 0 Å². The zero-order chi connectivity index (χ0) is 14.5. The summed E-state index contributed by atoms with van der Waals surface area (Å²) in [6.07, 6.45) is 5.70. The van der Waals surface area contributed by atoms with Gasteiger partial charge in [-0.15, -0.1) is 0 Å². The summed E-state index contributed by atoms with van der Waals surface area (Å²) >= 11 is 0. The Hall–Kier alpha value is -1.06. The molecular weight excluding hydrogens is 242 g/mol. The topological polar surface area (TPSA) is 55.4 Å². The standard InChI is InChI=1S/C15H27NO3/c1-5-11(10-17)12-8-6-7-9-13(12)16-14(18)19-15(2,3)4/h10-13H,5-9H2,1-4H3,(H,16,18)/t11-,12+,13+/m0/s1. The average Bonchev–Trinajstić information content (AvgIpc) is 2.30. The van der Waals surface area contributed by atoms with Crippen molar-refractivity contribution in [3.63, 3.8) is 0 Å². The molecule has 19 heavy (non-hydrogen) atoms. The van der Waals surface area contributed by atoms with Gasteiger partial charge in [-0.2, -0.15) is 0 Å². The Labute approximate surface area is 116 Å². The highest BCUT2D eigenvalue weighted by Crippen LogP contribution is 2.31. The lowest BCUT2D eigenvalue weighted by Crippen LogP contribution is -2.46. The summed E-state index contributed by atoms with van der Waals surface area (Å²) in [7, 11) is 0. The van der Waals surface area contributed by atoms with Gasteiger partial charge in [0, 0.05) is 12.0 Å². The summed E-state index contributed by atoms with van der Waals surface area (Å²) in [5.41, 5.74) is -0.483. The van der Waals surface area contributed by atoms with Gasteiger partial charge in [-0.05, 0) is 46.0 Å². The zero-order valence-corrected chi connectivity index (χ0v) is 12.6. The van der Waals surface area contributed by atoms with Crippen LogP contribution in [0.2, 0.25) is 0 Å². The molecule has 1 aliphatic carbocycles. The number of ether oxygens (including phenoxy) is 1. The molecule has 0 aliphatic heterocycles. The van der Waals surface area contributed by atoms with Gasteiger partial charge in [-0.3, -0.25) is 0 Å². The quantitative estimate of drug-likeness (QED) is 0.797. The van der Waals surface area contributed by atoms with Crippen molar-refractivity contribution >= 4 is 12.4 Å². The van der Waals surface area contributed by atoms with Gasteiger partial charge in [-0.25, -0.2) is 4.79 Å². The molecule has 0 heterocycles. The molecule has 0 unspecified atom stereocenters. The highest BCUT2D eigenvalue weighted by atomic mass is 16.6. The lowest BCUT2D eigenvalue weighted by Gasteiger charge is -2.35. The Morgan fingerprint density at radius 1 is 1.37 bits per heavy atom. The highest BCUT2D eigenvalue weighted by Gasteiger charge is 2.32. The van der Waals surface area contributed by atoms with Crippen molar-refractivity contribution in [3.05, 3.63) is 0 Å². The fourth-order valence-corrected chi connectivity index (χ4v) is 2.81. The zero-order valence-electron chi connectivity index (χ0n) is 12.6. The summed E-state index contributed by atoms with van der Waals surface area (Å²) < 4.78 is 5.30. The van der Waals surface area contributed by atoms with E-state index in [4.69, 9.17) is 4.74 Å². The molecule has 0 aromatic heterocycles. The molecule has 0 saturated heterocycles. The molecule has 1 fully saturated rings. The molecule has 0 radical (unpaired) electrons. The fourth-order valence-electron chi connectivity index (χ4n) is 2.81. The monoisotopic (exact) mass is 269 g/mol. The predicted octanol–water partition coefficient (Wildman–Crippen LogP) is 3.30. The Morgan fingerprint density at radius 3 is 2.53 bits per heavy atom. The van der Waals surface area contributed by atoms with Gasteiger partial charge in [0.15, 0.2) is 0 Å². The SMILES string of the molecule is CC[C@@H](C=O)[C@H]1CCCC[C@H]1NC(=O)OC(C)(C)C. The molecule has 1 aliphatic rings. The van der Waals surface area contributed by atoms with Crippen molar-refractivity contribution in [1.29, 1.82) is 0 Å². The van der Waals surface area contributed by atoms with E-state index in [1.165, 1.54) is 0 Å². The number of aldehydes is 1. The maximum Gasteiger partial charge on any atom is 0.407 e. The summed E-state index contributed by atoms with van der Waals surface area (Å²) in [6.45, 7) is 7.58. The number of hydrogen-bond donors (Lipinski definition) is 1. The third kappa shape index (κ3) is 5.21. The van der Waals surface area contributed by atoms with E-state index in [-0.39, 0.29) is 24.0 Å². The summed E-state index contributed by atoms with van der Waals surface area (Å²) in [5.74, 6) is 0.295. The van der Waals surface area contributed by atoms with Crippen molar-refractivity contribution in [2.75, 3.05) is 0 Å². The number of hydrogen-bond acceptors (Lipinski definition) is 3. The van der Waals surface area contributed by atoms with Crippen LogP contribution in [0.25, 0.3) is 0 Å². The summed E-state index contributed by atoms with van der Waals surface area (Å²) in [6, 6.07) is 0.0683. The van der Waals surface area contributed by atoms with Crippen LogP contribution in [0.4, 0.5) is 4.79 Å². The van der Waals surface area contributed by atoms with E-state index in [0.717, 1.165) is 38.4 Å². The van der Waals surface area contributed by atoms with E-state index in [1.807, 2.05) is 27.7 Å². The number of nitrogens with one attached hydrogen (secondary N) is 1. The minimum Gasteiger partial charge on any atom is -0.444 e. The Kier molecular flexibility index (Phi) is 5.83. The van der Waals surface area contributed by atoms with E-state index in [2.05, 4.69) is 5.32 Å². The molecule has 1 saturated carbocycles. The molecule has 1 amide bonds.